The van der Waals surface area contributed by atoms with Gasteiger partial charge in [-0.2, -0.15) is 0 Å². The monoisotopic (exact) mass is 241 g/mol. The van der Waals surface area contributed by atoms with Crippen LogP contribution in [0.5, 0.6) is 0 Å². The van der Waals surface area contributed by atoms with E-state index >= 15 is 0 Å². The molecule has 100 valence electrons. The number of nitrogens with zero attached hydrogens (tertiary/aromatic N) is 1. The van der Waals surface area contributed by atoms with Crippen LogP contribution in [-0.2, 0) is 4.79 Å². The van der Waals surface area contributed by atoms with Gasteiger partial charge in [-0.25, -0.2) is 0 Å². The van der Waals surface area contributed by atoms with E-state index in [4.69, 9.17) is 0 Å². The maximum absolute atomic E-state index is 11.4. The van der Waals surface area contributed by atoms with Gasteiger partial charge < -0.3 is 10.6 Å². The molecule has 2 N–H and O–H groups in total. The summed E-state index contributed by atoms with van der Waals surface area (Å²) in [5.41, 5.74) is 0. The second kappa shape index (κ2) is 7.67. The number of hydrogen-bond donors (Lipinski definition) is 2. The van der Waals surface area contributed by atoms with Gasteiger partial charge in [-0.05, 0) is 45.2 Å². The molecule has 0 aromatic carbocycles. The molecule has 1 aliphatic heterocycles. The highest BCUT2D eigenvalue weighted by Crippen LogP contribution is 2.19. The standard InChI is InChI=1S/C13H27N3O/c1-4-7-15-11(2)12-6-5-8-16(9-12)10-13(17)14-3/h11-12,15H,4-10H2,1-3H3,(H,14,17). The van der Waals surface area contributed by atoms with Crippen LogP contribution in [0.15, 0.2) is 0 Å². The Balaban J connectivity index is 2.34. The van der Waals surface area contributed by atoms with Crippen molar-refractivity contribution in [2.24, 2.45) is 5.92 Å². The molecule has 17 heavy (non-hydrogen) atoms. The maximum atomic E-state index is 11.4. The van der Waals surface area contributed by atoms with Gasteiger partial charge in [-0.15, -0.1) is 0 Å². The molecular weight excluding hydrogens is 214 g/mol. The van der Waals surface area contributed by atoms with E-state index in [1.807, 2.05) is 0 Å². The summed E-state index contributed by atoms with van der Waals surface area (Å²) in [6.07, 6.45) is 3.67. The highest BCUT2D eigenvalue weighted by Gasteiger charge is 2.24. The Kier molecular flexibility index (Phi) is 6.52. The van der Waals surface area contributed by atoms with Crippen molar-refractivity contribution in [3.05, 3.63) is 0 Å². The fourth-order valence-corrected chi connectivity index (χ4v) is 2.46. The zero-order valence-electron chi connectivity index (χ0n) is 11.5. The molecular formula is C13H27N3O. The SMILES string of the molecule is CCCNC(C)C1CCCN(CC(=O)NC)C1. The summed E-state index contributed by atoms with van der Waals surface area (Å²) < 4.78 is 0. The van der Waals surface area contributed by atoms with Crippen molar-refractivity contribution in [3.63, 3.8) is 0 Å². The molecule has 1 saturated heterocycles. The average Bonchev–Trinajstić information content (AvgIpc) is 2.36. The van der Waals surface area contributed by atoms with Gasteiger partial charge in [0.15, 0.2) is 0 Å². The van der Waals surface area contributed by atoms with Gasteiger partial charge in [-0.1, -0.05) is 6.92 Å². The van der Waals surface area contributed by atoms with E-state index in [1.165, 1.54) is 19.3 Å². The Morgan fingerprint density at radius 2 is 2.29 bits per heavy atom. The summed E-state index contributed by atoms with van der Waals surface area (Å²) in [6, 6.07) is 0.558. The fourth-order valence-electron chi connectivity index (χ4n) is 2.46. The molecule has 4 nitrogen and oxygen atoms in total. The number of piperidine rings is 1. The van der Waals surface area contributed by atoms with Crippen LogP contribution in [0.1, 0.15) is 33.1 Å². The Morgan fingerprint density at radius 1 is 1.53 bits per heavy atom. The Labute approximate surface area is 105 Å². The van der Waals surface area contributed by atoms with Crippen molar-refractivity contribution in [3.8, 4) is 0 Å². The highest BCUT2D eigenvalue weighted by atomic mass is 16.1. The molecule has 0 aromatic rings. The summed E-state index contributed by atoms with van der Waals surface area (Å²) in [7, 11) is 1.70. The predicted octanol–water partition coefficient (Wildman–Crippen LogP) is 0.833. The van der Waals surface area contributed by atoms with Crippen LogP contribution in [0, 0.1) is 5.92 Å². The van der Waals surface area contributed by atoms with E-state index in [-0.39, 0.29) is 5.91 Å². The smallest absolute Gasteiger partial charge is 0.233 e. The van der Waals surface area contributed by atoms with Crippen LogP contribution in [0.3, 0.4) is 0 Å². The van der Waals surface area contributed by atoms with Crippen LogP contribution in [0.4, 0.5) is 0 Å². The number of nitrogens with one attached hydrogen (secondary N) is 2. The van der Waals surface area contributed by atoms with Crippen LogP contribution < -0.4 is 10.6 Å². The first kappa shape index (κ1) is 14.5. The third kappa shape index (κ3) is 5.04. The average molecular weight is 241 g/mol. The molecule has 0 saturated carbocycles. The lowest BCUT2D eigenvalue weighted by Gasteiger charge is -2.35. The van der Waals surface area contributed by atoms with Crippen LogP contribution in [-0.4, -0.2) is 50.1 Å². The first-order valence-corrected chi connectivity index (χ1v) is 6.83. The van der Waals surface area contributed by atoms with Crippen molar-refractivity contribution < 1.29 is 4.79 Å². The van der Waals surface area contributed by atoms with Gasteiger partial charge in [0.2, 0.25) is 5.91 Å². The number of carbonyl (C=O) groups is 1. The van der Waals surface area contributed by atoms with E-state index < -0.39 is 0 Å². The molecule has 2 atom stereocenters. The topological polar surface area (TPSA) is 44.4 Å². The fraction of sp³-hybridized carbons (Fsp3) is 0.923. The lowest BCUT2D eigenvalue weighted by Crippen LogP contribution is -2.47. The van der Waals surface area contributed by atoms with E-state index in [2.05, 4.69) is 29.4 Å². The first-order chi connectivity index (χ1) is 8.17. The molecule has 4 heteroatoms. The quantitative estimate of drug-likeness (QED) is 0.724. The third-order valence-corrected chi connectivity index (χ3v) is 3.61. The lowest BCUT2D eigenvalue weighted by molar-refractivity contribution is -0.122. The molecule has 0 aliphatic carbocycles. The maximum Gasteiger partial charge on any atom is 0.233 e. The zero-order chi connectivity index (χ0) is 12.7. The Morgan fingerprint density at radius 3 is 2.94 bits per heavy atom. The van der Waals surface area contributed by atoms with Crippen molar-refractivity contribution >= 4 is 5.91 Å². The number of likely N-dealkylation sites (tertiary alicyclic amines) is 1. The molecule has 1 rings (SSSR count). The second-order valence-corrected chi connectivity index (χ2v) is 5.05. The number of amides is 1. The van der Waals surface area contributed by atoms with E-state index in [0.29, 0.717) is 18.5 Å². The molecule has 0 radical (unpaired) electrons. The van der Waals surface area contributed by atoms with Crippen molar-refractivity contribution in [2.75, 3.05) is 33.2 Å². The summed E-state index contributed by atoms with van der Waals surface area (Å²) >= 11 is 0. The van der Waals surface area contributed by atoms with Gasteiger partial charge in [0.05, 0.1) is 6.54 Å². The van der Waals surface area contributed by atoms with Crippen LogP contribution in [0.2, 0.25) is 0 Å². The largest absolute Gasteiger partial charge is 0.358 e. The zero-order valence-corrected chi connectivity index (χ0v) is 11.5. The first-order valence-electron chi connectivity index (χ1n) is 6.83. The van der Waals surface area contributed by atoms with Crippen molar-refractivity contribution in [1.82, 2.24) is 15.5 Å². The van der Waals surface area contributed by atoms with Gasteiger partial charge in [0, 0.05) is 19.6 Å². The molecule has 1 fully saturated rings. The minimum Gasteiger partial charge on any atom is -0.358 e. The third-order valence-electron chi connectivity index (χ3n) is 3.61. The van der Waals surface area contributed by atoms with Gasteiger partial charge in [0.1, 0.15) is 0 Å². The molecule has 2 unspecified atom stereocenters. The summed E-state index contributed by atoms with van der Waals surface area (Å²) in [6.45, 7) is 8.21. The van der Waals surface area contributed by atoms with Crippen molar-refractivity contribution in [2.45, 2.75) is 39.2 Å². The van der Waals surface area contributed by atoms with Crippen LogP contribution in [0.25, 0.3) is 0 Å². The highest BCUT2D eigenvalue weighted by molar-refractivity contribution is 5.77. The van der Waals surface area contributed by atoms with E-state index in [9.17, 15) is 4.79 Å². The molecule has 0 aromatic heterocycles. The van der Waals surface area contributed by atoms with Gasteiger partial charge >= 0.3 is 0 Å². The normalized spacial score (nSPS) is 23.4. The summed E-state index contributed by atoms with van der Waals surface area (Å²) in [4.78, 5) is 13.6. The lowest BCUT2D eigenvalue weighted by atomic mass is 9.91. The van der Waals surface area contributed by atoms with Gasteiger partial charge in [-0.3, -0.25) is 9.69 Å². The van der Waals surface area contributed by atoms with Crippen molar-refractivity contribution in [1.29, 1.82) is 0 Å². The Hall–Kier alpha value is -0.610. The Bertz CT molecular complexity index is 233. The molecule has 0 spiro atoms. The van der Waals surface area contributed by atoms with E-state index in [0.717, 1.165) is 19.6 Å². The minimum absolute atomic E-state index is 0.125. The van der Waals surface area contributed by atoms with Gasteiger partial charge in [0.25, 0.3) is 0 Å². The summed E-state index contributed by atoms with van der Waals surface area (Å²) in [5.74, 6) is 0.805. The molecule has 0 bridgehead atoms. The van der Waals surface area contributed by atoms with E-state index in [1.54, 1.807) is 7.05 Å². The number of hydrogen-bond acceptors (Lipinski definition) is 3. The molecule has 1 heterocycles. The number of likely N-dealkylation sites (N-methyl/N-ethyl adjacent to an activating group) is 1. The minimum atomic E-state index is 0.125. The summed E-state index contributed by atoms with van der Waals surface area (Å²) in [5, 5.41) is 6.26. The predicted molar refractivity (Wildman–Crippen MR) is 71.0 cm³/mol. The number of carbonyl (C=O) groups excluding carboxylic acids is 1. The second-order valence-electron chi connectivity index (χ2n) is 5.05. The molecule has 1 aliphatic rings. The van der Waals surface area contributed by atoms with Crippen LogP contribution >= 0.6 is 0 Å². The number of rotatable bonds is 6. The molecule has 1 amide bonds.